The highest BCUT2D eigenvalue weighted by Gasteiger charge is 2.48. The van der Waals surface area contributed by atoms with Gasteiger partial charge in [-0.15, -0.1) is 0 Å². The maximum absolute atomic E-state index is 11.9. The van der Waals surface area contributed by atoms with Crippen molar-refractivity contribution in [1.82, 2.24) is 5.32 Å². The van der Waals surface area contributed by atoms with E-state index in [-0.39, 0.29) is 5.91 Å². The van der Waals surface area contributed by atoms with Crippen molar-refractivity contribution in [2.24, 2.45) is 29.6 Å². The molecule has 4 rings (SSSR count). The molecule has 98 valence electrons. The van der Waals surface area contributed by atoms with E-state index in [2.05, 4.69) is 11.4 Å². The van der Waals surface area contributed by atoms with Crippen LogP contribution in [0.1, 0.15) is 44.9 Å². The van der Waals surface area contributed by atoms with E-state index in [1.54, 1.807) is 0 Å². The second kappa shape index (κ2) is 4.91. The van der Waals surface area contributed by atoms with Crippen LogP contribution < -0.4 is 5.32 Å². The largest absolute Gasteiger partial charge is 0.355 e. The first-order chi connectivity index (χ1) is 8.76. The van der Waals surface area contributed by atoms with Gasteiger partial charge in [-0.25, -0.2) is 0 Å². The third-order valence-electron chi connectivity index (χ3n) is 5.40. The first-order valence-corrected chi connectivity index (χ1v) is 7.40. The molecule has 4 saturated carbocycles. The van der Waals surface area contributed by atoms with Crippen molar-refractivity contribution in [2.75, 3.05) is 6.54 Å². The third kappa shape index (κ3) is 2.25. The number of carbonyl (C=O) groups excluding carboxylic acids is 1. The van der Waals surface area contributed by atoms with Gasteiger partial charge in [0.2, 0.25) is 5.91 Å². The lowest BCUT2D eigenvalue weighted by molar-refractivity contribution is -0.126. The molecule has 0 aromatic carbocycles. The molecule has 1 amide bonds. The summed E-state index contributed by atoms with van der Waals surface area (Å²) >= 11 is 0. The SMILES string of the molecule is N#CCCNC(=O)CC1C2CC3CC(C2)CC1C3. The summed E-state index contributed by atoms with van der Waals surface area (Å²) in [5.41, 5.74) is 0. The molecule has 0 heterocycles. The van der Waals surface area contributed by atoms with Gasteiger partial charge in [0.1, 0.15) is 0 Å². The number of rotatable bonds is 4. The number of nitrogens with zero attached hydrogens (tertiary/aromatic N) is 1. The van der Waals surface area contributed by atoms with Crippen LogP contribution in [0.2, 0.25) is 0 Å². The van der Waals surface area contributed by atoms with Crippen molar-refractivity contribution >= 4 is 5.91 Å². The fourth-order valence-corrected chi connectivity index (χ4v) is 4.92. The molecule has 0 atom stereocenters. The van der Waals surface area contributed by atoms with E-state index >= 15 is 0 Å². The average molecular weight is 246 g/mol. The van der Waals surface area contributed by atoms with Gasteiger partial charge in [-0.05, 0) is 61.7 Å². The summed E-state index contributed by atoms with van der Waals surface area (Å²) in [5, 5.41) is 11.3. The molecule has 18 heavy (non-hydrogen) atoms. The van der Waals surface area contributed by atoms with E-state index in [4.69, 9.17) is 5.26 Å². The lowest BCUT2D eigenvalue weighted by Gasteiger charge is -2.54. The Kier molecular flexibility index (Phi) is 3.28. The molecule has 0 aromatic rings. The second-order valence-corrected chi connectivity index (χ2v) is 6.56. The monoisotopic (exact) mass is 246 g/mol. The summed E-state index contributed by atoms with van der Waals surface area (Å²) in [5.74, 6) is 4.41. The van der Waals surface area contributed by atoms with Crippen molar-refractivity contribution in [3.63, 3.8) is 0 Å². The van der Waals surface area contributed by atoms with Crippen molar-refractivity contribution in [1.29, 1.82) is 5.26 Å². The van der Waals surface area contributed by atoms with Crippen LogP contribution in [0, 0.1) is 40.9 Å². The van der Waals surface area contributed by atoms with Gasteiger partial charge in [0.15, 0.2) is 0 Å². The molecule has 0 unspecified atom stereocenters. The predicted octanol–water partition coefficient (Wildman–Crippen LogP) is 2.48. The van der Waals surface area contributed by atoms with Gasteiger partial charge in [0.05, 0.1) is 12.5 Å². The molecular weight excluding hydrogens is 224 g/mol. The minimum Gasteiger partial charge on any atom is -0.355 e. The van der Waals surface area contributed by atoms with Crippen LogP contribution in [-0.2, 0) is 4.79 Å². The Hall–Kier alpha value is -1.04. The minimum absolute atomic E-state index is 0.169. The van der Waals surface area contributed by atoms with Crippen molar-refractivity contribution < 1.29 is 4.79 Å². The molecule has 3 heteroatoms. The summed E-state index contributed by atoms with van der Waals surface area (Å²) in [7, 11) is 0. The summed E-state index contributed by atoms with van der Waals surface area (Å²) in [6.45, 7) is 0.517. The Morgan fingerprint density at radius 1 is 1.11 bits per heavy atom. The zero-order chi connectivity index (χ0) is 12.5. The molecule has 1 N–H and O–H groups in total. The molecule has 4 aliphatic carbocycles. The van der Waals surface area contributed by atoms with Gasteiger partial charge < -0.3 is 5.32 Å². The van der Waals surface area contributed by atoms with E-state index in [1.165, 1.54) is 32.1 Å². The van der Waals surface area contributed by atoms with Crippen LogP contribution in [0.4, 0.5) is 0 Å². The van der Waals surface area contributed by atoms with Crippen molar-refractivity contribution in [2.45, 2.75) is 44.9 Å². The van der Waals surface area contributed by atoms with Crippen LogP contribution >= 0.6 is 0 Å². The van der Waals surface area contributed by atoms with Gasteiger partial charge in [0, 0.05) is 13.0 Å². The van der Waals surface area contributed by atoms with Crippen LogP contribution in [0.5, 0.6) is 0 Å². The molecule has 0 radical (unpaired) electrons. The van der Waals surface area contributed by atoms with E-state index in [0.717, 1.165) is 23.7 Å². The summed E-state index contributed by atoms with van der Waals surface area (Å²) < 4.78 is 0. The van der Waals surface area contributed by atoms with Crippen LogP contribution in [-0.4, -0.2) is 12.5 Å². The molecule has 0 saturated heterocycles. The lowest BCUT2D eigenvalue weighted by Crippen LogP contribution is -2.46. The molecular formula is C15H22N2O. The van der Waals surface area contributed by atoms with Gasteiger partial charge in [-0.1, -0.05) is 0 Å². The van der Waals surface area contributed by atoms with Crippen LogP contribution in [0.15, 0.2) is 0 Å². The number of hydrogen-bond donors (Lipinski definition) is 1. The van der Waals surface area contributed by atoms with Crippen LogP contribution in [0.3, 0.4) is 0 Å². The number of nitrogens with one attached hydrogen (secondary N) is 1. The fourth-order valence-electron chi connectivity index (χ4n) is 4.92. The number of carbonyl (C=O) groups is 1. The maximum Gasteiger partial charge on any atom is 0.220 e. The number of nitriles is 1. The third-order valence-corrected chi connectivity index (χ3v) is 5.40. The highest BCUT2D eigenvalue weighted by Crippen LogP contribution is 2.57. The molecule has 0 spiro atoms. The lowest BCUT2D eigenvalue weighted by atomic mass is 9.51. The van der Waals surface area contributed by atoms with E-state index < -0.39 is 0 Å². The van der Waals surface area contributed by atoms with E-state index in [0.29, 0.717) is 25.3 Å². The fraction of sp³-hybridized carbons (Fsp3) is 0.867. The molecule has 4 fully saturated rings. The normalized spacial score (nSPS) is 40.5. The average Bonchev–Trinajstić information content (AvgIpc) is 2.33. The molecule has 0 aromatic heterocycles. The molecule has 4 bridgehead atoms. The van der Waals surface area contributed by atoms with Gasteiger partial charge >= 0.3 is 0 Å². The summed E-state index contributed by atoms with van der Waals surface area (Å²) in [6, 6.07) is 2.06. The Morgan fingerprint density at radius 2 is 1.72 bits per heavy atom. The summed E-state index contributed by atoms with van der Waals surface area (Å²) in [4.78, 5) is 11.9. The molecule has 0 aliphatic heterocycles. The predicted molar refractivity (Wildman–Crippen MR) is 68.4 cm³/mol. The minimum atomic E-state index is 0.169. The van der Waals surface area contributed by atoms with Gasteiger partial charge in [-0.2, -0.15) is 5.26 Å². The first-order valence-electron chi connectivity index (χ1n) is 7.40. The molecule has 4 aliphatic rings. The van der Waals surface area contributed by atoms with E-state index in [1.807, 2.05) is 0 Å². The zero-order valence-electron chi connectivity index (χ0n) is 10.9. The van der Waals surface area contributed by atoms with Gasteiger partial charge in [-0.3, -0.25) is 4.79 Å². The first kappa shape index (κ1) is 12.0. The summed E-state index contributed by atoms with van der Waals surface area (Å²) in [6.07, 6.45) is 8.11. The Balaban J connectivity index is 1.54. The van der Waals surface area contributed by atoms with Crippen LogP contribution in [0.25, 0.3) is 0 Å². The maximum atomic E-state index is 11.9. The second-order valence-electron chi connectivity index (χ2n) is 6.56. The number of amides is 1. The zero-order valence-corrected chi connectivity index (χ0v) is 10.9. The standard InChI is InChI=1S/C15H22N2O/c16-2-1-3-17-15(18)9-14-12-5-10-4-11(7-12)8-13(14)6-10/h10-14H,1,3-9H2,(H,17,18). The van der Waals surface area contributed by atoms with Crippen molar-refractivity contribution in [3.05, 3.63) is 0 Å². The topological polar surface area (TPSA) is 52.9 Å². The highest BCUT2D eigenvalue weighted by atomic mass is 16.1. The Morgan fingerprint density at radius 3 is 2.28 bits per heavy atom. The van der Waals surface area contributed by atoms with Crippen molar-refractivity contribution in [3.8, 4) is 6.07 Å². The smallest absolute Gasteiger partial charge is 0.220 e. The number of hydrogen-bond acceptors (Lipinski definition) is 2. The quantitative estimate of drug-likeness (QED) is 0.775. The Labute approximate surface area is 109 Å². The highest BCUT2D eigenvalue weighted by molar-refractivity contribution is 5.76. The molecule has 3 nitrogen and oxygen atoms in total. The van der Waals surface area contributed by atoms with E-state index in [9.17, 15) is 4.79 Å². The Bertz CT molecular complexity index is 343. The van der Waals surface area contributed by atoms with Gasteiger partial charge in [0.25, 0.3) is 0 Å².